The first-order chi connectivity index (χ1) is 14.1. The van der Waals surface area contributed by atoms with Crippen molar-refractivity contribution in [1.29, 1.82) is 0 Å². The van der Waals surface area contributed by atoms with Crippen LogP contribution in [0.1, 0.15) is 22.8 Å². The molecule has 0 saturated heterocycles. The summed E-state index contributed by atoms with van der Waals surface area (Å²) in [7, 11) is 1.29. The highest BCUT2D eigenvalue weighted by atomic mass is 19.1. The fourth-order valence-corrected chi connectivity index (χ4v) is 2.90. The molecule has 4 rings (SSSR count). The fraction of sp³-hybridized carbons (Fsp3) is 0.167. The highest BCUT2D eigenvalue weighted by Gasteiger charge is 2.38. The molecule has 29 heavy (non-hydrogen) atoms. The van der Waals surface area contributed by atoms with E-state index < -0.39 is 23.9 Å². The van der Waals surface area contributed by atoms with E-state index in [0.29, 0.717) is 11.5 Å². The minimum Gasteiger partial charge on any atom is -0.467 e. The van der Waals surface area contributed by atoms with E-state index in [1.165, 1.54) is 24.8 Å². The zero-order valence-corrected chi connectivity index (χ0v) is 16.3. The van der Waals surface area contributed by atoms with Gasteiger partial charge < -0.3 is 9.47 Å². The van der Waals surface area contributed by atoms with Crippen LogP contribution in [0.3, 0.4) is 0 Å². The van der Waals surface area contributed by atoms with E-state index in [9.17, 15) is 9.18 Å². The molecule has 0 radical (unpaired) electrons. The van der Waals surface area contributed by atoms with E-state index in [1.54, 1.807) is 12.1 Å². The Balaban J connectivity index is 0.000000290. The van der Waals surface area contributed by atoms with Crippen molar-refractivity contribution in [3.8, 4) is 0 Å². The molecular weight excluding hydrogens is 369 g/mol. The monoisotopic (exact) mass is 391 g/mol. The lowest BCUT2D eigenvalue weighted by Crippen LogP contribution is -2.25. The van der Waals surface area contributed by atoms with E-state index in [1.807, 2.05) is 48.5 Å². The molecule has 1 heterocycles. The molecule has 0 amide bonds. The van der Waals surface area contributed by atoms with Crippen molar-refractivity contribution >= 4 is 11.9 Å². The number of hydrogen-bond donors (Lipinski definition) is 0. The number of methoxy groups -OCH3 is 1. The maximum absolute atomic E-state index is 13.4. The lowest BCUT2D eigenvalue weighted by Gasteiger charge is -2.16. The van der Waals surface area contributed by atoms with E-state index in [2.05, 4.69) is 24.0 Å². The standard InChI is InChI=1S/C17H14FNO3.C7H8/c1-21-17(20)14-15(12-8-5-9-13(18)10-12)22-16(19-14)11-6-3-2-4-7-11;1-7-5-3-2-4-6-7/h2-10,14-15H,1H3;2-6H,1H3. The lowest BCUT2D eigenvalue weighted by molar-refractivity contribution is -0.143. The number of benzene rings is 3. The third-order valence-electron chi connectivity index (χ3n) is 4.36. The maximum atomic E-state index is 13.4. The summed E-state index contributed by atoms with van der Waals surface area (Å²) in [5.74, 6) is -0.552. The van der Waals surface area contributed by atoms with Gasteiger partial charge in [-0.15, -0.1) is 0 Å². The average Bonchev–Trinajstić information content (AvgIpc) is 3.20. The molecule has 2 atom stereocenters. The Morgan fingerprint density at radius 2 is 1.62 bits per heavy atom. The molecule has 0 aliphatic carbocycles. The Bertz CT molecular complexity index is 974. The molecule has 0 aromatic heterocycles. The van der Waals surface area contributed by atoms with Gasteiger partial charge in [-0.25, -0.2) is 14.2 Å². The molecule has 0 spiro atoms. The Kier molecular flexibility index (Phi) is 6.74. The first kappa shape index (κ1) is 20.3. The molecular formula is C24H22FNO3. The summed E-state index contributed by atoms with van der Waals surface area (Å²) >= 11 is 0. The number of hydrogen-bond acceptors (Lipinski definition) is 4. The summed E-state index contributed by atoms with van der Waals surface area (Å²) in [5.41, 5.74) is 2.63. The fourth-order valence-electron chi connectivity index (χ4n) is 2.90. The van der Waals surface area contributed by atoms with Crippen LogP contribution in [0, 0.1) is 12.7 Å². The normalized spacial score (nSPS) is 17.4. The van der Waals surface area contributed by atoms with E-state index in [0.717, 1.165) is 5.56 Å². The number of rotatable bonds is 3. The van der Waals surface area contributed by atoms with Crippen LogP contribution >= 0.6 is 0 Å². The SMILES string of the molecule is COC(=O)C1N=C(c2ccccc2)OC1c1cccc(F)c1.Cc1ccccc1. The second-order valence-corrected chi connectivity index (χ2v) is 6.52. The van der Waals surface area contributed by atoms with Crippen molar-refractivity contribution in [3.63, 3.8) is 0 Å². The van der Waals surface area contributed by atoms with Gasteiger partial charge in [-0.05, 0) is 36.8 Å². The number of aryl methyl sites for hydroxylation is 1. The van der Waals surface area contributed by atoms with Crippen LogP contribution in [-0.4, -0.2) is 25.0 Å². The van der Waals surface area contributed by atoms with Crippen LogP contribution in [0.5, 0.6) is 0 Å². The molecule has 0 fully saturated rings. The average molecular weight is 391 g/mol. The molecule has 5 heteroatoms. The molecule has 0 N–H and O–H groups in total. The van der Waals surface area contributed by atoms with Crippen LogP contribution in [-0.2, 0) is 14.3 Å². The summed E-state index contributed by atoms with van der Waals surface area (Å²) in [4.78, 5) is 16.3. The highest BCUT2D eigenvalue weighted by Crippen LogP contribution is 2.32. The molecule has 148 valence electrons. The number of halogens is 1. The molecule has 0 bridgehead atoms. The minimum absolute atomic E-state index is 0.352. The first-order valence-corrected chi connectivity index (χ1v) is 9.23. The lowest BCUT2D eigenvalue weighted by atomic mass is 10.0. The van der Waals surface area contributed by atoms with E-state index >= 15 is 0 Å². The van der Waals surface area contributed by atoms with E-state index in [-0.39, 0.29) is 0 Å². The van der Waals surface area contributed by atoms with Crippen molar-refractivity contribution in [2.24, 2.45) is 4.99 Å². The van der Waals surface area contributed by atoms with Crippen LogP contribution in [0.25, 0.3) is 0 Å². The van der Waals surface area contributed by atoms with Crippen LogP contribution in [0.4, 0.5) is 4.39 Å². The largest absolute Gasteiger partial charge is 0.467 e. The molecule has 1 aliphatic heterocycles. The predicted molar refractivity (Wildman–Crippen MR) is 110 cm³/mol. The Labute approximate surface area is 169 Å². The zero-order chi connectivity index (χ0) is 20.6. The van der Waals surface area contributed by atoms with Crippen molar-refractivity contribution < 1.29 is 18.7 Å². The molecule has 4 nitrogen and oxygen atoms in total. The van der Waals surface area contributed by atoms with Gasteiger partial charge in [0.15, 0.2) is 12.1 Å². The van der Waals surface area contributed by atoms with Gasteiger partial charge in [0.25, 0.3) is 0 Å². The molecule has 1 aliphatic rings. The van der Waals surface area contributed by atoms with Gasteiger partial charge in [0, 0.05) is 5.56 Å². The number of carbonyl (C=O) groups is 1. The van der Waals surface area contributed by atoms with Crippen LogP contribution in [0.2, 0.25) is 0 Å². The number of nitrogens with zero attached hydrogens (tertiary/aromatic N) is 1. The van der Waals surface area contributed by atoms with Crippen molar-refractivity contribution in [1.82, 2.24) is 0 Å². The minimum atomic E-state index is -0.845. The highest BCUT2D eigenvalue weighted by molar-refractivity contribution is 5.98. The smallest absolute Gasteiger partial charge is 0.335 e. The third kappa shape index (κ3) is 5.29. The zero-order valence-electron chi connectivity index (χ0n) is 16.3. The van der Waals surface area contributed by atoms with Gasteiger partial charge >= 0.3 is 5.97 Å². The summed E-state index contributed by atoms with van der Waals surface area (Å²) < 4.78 is 24.0. The van der Waals surface area contributed by atoms with Gasteiger partial charge in [-0.2, -0.15) is 0 Å². The quantitative estimate of drug-likeness (QED) is 0.598. The number of ether oxygens (including phenoxy) is 2. The van der Waals surface area contributed by atoms with Gasteiger partial charge in [0.2, 0.25) is 5.90 Å². The molecule has 0 saturated carbocycles. The van der Waals surface area contributed by atoms with Crippen molar-refractivity contribution in [2.45, 2.75) is 19.1 Å². The summed E-state index contributed by atoms with van der Waals surface area (Å²) in [6.07, 6.45) is -0.696. The summed E-state index contributed by atoms with van der Waals surface area (Å²) in [5, 5.41) is 0. The maximum Gasteiger partial charge on any atom is 0.335 e. The van der Waals surface area contributed by atoms with Gasteiger partial charge in [-0.3, -0.25) is 0 Å². The van der Waals surface area contributed by atoms with Crippen molar-refractivity contribution in [3.05, 3.63) is 107 Å². The third-order valence-corrected chi connectivity index (χ3v) is 4.36. The van der Waals surface area contributed by atoms with Gasteiger partial charge in [0.05, 0.1) is 7.11 Å². The number of esters is 1. The Morgan fingerprint density at radius 1 is 0.966 bits per heavy atom. The second-order valence-electron chi connectivity index (χ2n) is 6.52. The van der Waals surface area contributed by atoms with Gasteiger partial charge in [0.1, 0.15) is 5.82 Å². The number of aliphatic imine (C=N–C) groups is 1. The first-order valence-electron chi connectivity index (χ1n) is 9.23. The molecule has 3 aromatic carbocycles. The van der Waals surface area contributed by atoms with E-state index in [4.69, 9.17) is 9.47 Å². The van der Waals surface area contributed by atoms with Crippen LogP contribution in [0.15, 0.2) is 89.9 Å². The topological polar surface area (TPSA) is 47.9 Å². The molecule has 3 aromatic rings. The second kappa shape index (κ2) is 9.64. The Morgan fingerprint density at radius 3 is 2.17 bits per heavy atom. The summed E-state index contributed by atoms with van der Waals surface area (Å²) in [6.45, 7) is 2.08. The van der Waals surface area contributed by atoms with Crippen molar-refractivity contribution in [2.75, 3.05) is 7.11 Å². The van der Waals surface area contributed by atoms with Crippen LogP contribution < -0.4 is 0 Å². The summed E-state index contributed by atoms with van der Waals surface area (Å²) in [6, 6.07) is 24.6. The number of carbonyl (C=O) groups excluding carboxylic acids is 1. The predicted octanol–water partition coefficient (Wildman–Crippen LogP) is 4.88. The molecule has 2 unspecified atom stereocenters. The Hall–Kier alpha value is -3.47. The van der Waals surface area contributed by atoms with Gasteiger partial charge in [-0.1, -0.05) is 66.2 Å².